The van der Waals surface area contributed by atoms with E-state index in [1.54, 1.807) is 0 Å². The molecule has 1 N–H and O–H groups in total. The molecule has 0 aliphatic heterocycles. The lowest BCUT2D eigenvalue weighted by molar-refractivity contribution is -0.137. The molecule has 0 aliphatic carbocycles. The van der Waals surface area contributed by atoms with Crippen LogP contribution in [0.3, 0.4) is 0 Å². The maximum atomic E-state index is 10.3. The van der Waals surface area contributed by atoms with Gasteiger partial charge in [0.1, 0.15) is 0 Å². The average molecular weight is 282 g/mol. The Kier molecular flexibility index (Phi) is 15.6. The van der Waals surface area contributed by atoms with E-state index in [0.717, 1.165) is 12.8 Å². The van der Waals surface area contributed by atoms with E-state index in [2.05, 4.69) is 19.1 Å². The molecule has 0 rings (SSSR count). The van der Waals surface area contributed by atoms with Crippen molar-refractivity contribution in [1.29, 1.82) is 0 Å². The molecule has 0 atom stereocenters. The van der Waals surface area contributed by atoms with Crippen LogP contribution in [-0.4, -0.2) is 11.1 Å². The predicted octanol–water partition coefficient (Wildman–Crippen LogP) is 6.11. The summed E-state index contributed by atoms with van der Waals surface area (Å²) in [6.07, 6.45) is 21.3. The zero-order chi connectivity index (χ0) is 14.9. The second-order valence-electron chi connectivity index (χ2n) is 5.73. The molecule has 0 aromatic rings. The summed E-state index contributed by atoms with van der Waals surface area (Å²) in [5.41, 5.74) is 0. The summed E-state index contributed by atoms with van der Waals surface area (Å²) in [6, 6.07) is 0. The van der Waals surface area contributed by atoms with E-state index in [0.29, 0.717) is 6.42 Å². The minimum Gasteiger partial charge on any atom is -0.481 e. The van der Waals surface area contributed by atoms with E-state index in [1.807, 2.05) is 0 Å². The zero-order valence-electron chi connectivity index (χ0n) is 13.4. The first-order chi connectivity index (χ1) is 9.77. The Morgan fingerprint density at radius 3 is 1.70 bits per heavy atom. The van der Waals surface area contributed by atoms with Gasteiger partial charge < -0.3 is 5.11 Å². The average Bonchev–Trinajstić information content (AvgIpc) is 2.43. The van der Waals surface area contributed by atoms with Gasteiger partial charge >= 0.3 is 5.97 Å². The quantitative estimate of drug-likeness (QED) is 0.291. The number of hydrogen-bond donors (Lipinski definition) is 1. The molecule has 0 saturated carbocycles. The largest absolute Gasteiger partial charge is 0.481 e. The highest BCUT2D eigenvalue weighted by Gasteiger charge is 1.96. The van der Waals surface area contributed by atoms with E-state index in [1.165, 1.54) is 70.6 Å². The van der Waals surface area contributed by atoms with Crippen molar-refractivity contribution in [1.82, 2.24) is 0 Å². The second kappa shape index (κ2) is 16.3. The monoisotopic (exact) mass is 282 g/mol. The highest BCUT2D eigenvalue weighted by molar-refractivity contribution is 5.66. The van der Waals surface area contributed by atoms with Crippen LogP contribution in [0.25, 0.3) is 0 Å². The number of carboxylic acid groups (broad SMARTS) is 1. The molecule has 20 heavy (non-hydrogen) atoms. The normalized spacial score (nSPS) is 11.2. The molecule has 2 heteroatoms. The first-order valence-corrected chi connectivity index (χ1v) is 8.64. The highest BCUT2D eigenvalue weighted by atomic mass is 16.4. The van der Waals surface area contributed by atoms with Gasteiger partial charge in [0.2, 0.25) is 0 Å². The smallest absolute Gasteiger partial charge is 0.303 e. The molecule has 0 unspecified atom stereocenters. The van der Waals surface area contributed by atoms with E-state index < -0.39 is 5.97 Å². The van der Waals surface area contributed by atoms with Crippen molar-refractivity contribution in [2.24, 2.45) is 0 Å². The minimum absolute atomic E-state index is 0.340. The fraction of sp³-hybridized carbons (Fsp3) is 0.833. The summed E-state index contributed by atoms with van der Waals surface area (Å²) >= 11 is 0. The molecule has 0 aromatic carbocycles. The second-order valence-corrected chi connectivity index (χ2v) is 5.73. The van der Waals surface area contributed by atoms with Gasteiger partial charge in [0, 0.05) is 6.42 Å². The van der Waals surface area contributed by atoms with Gasteiger partial charge in [-0.3, -0.25) is 4.79 Å². The Labute approximate surface area is 125 Å². The van der Waals surface area contributed by atoms with Gasteiger partial charge in [-0.25, -0.2) is 0 Å². The van der Waals surface area contributed by atoms with Gasteiger partial charge in [-0.1, -0.05) is 76.9 Å². The number of allylic oxidation sites excluding steroid dienone is 2. The Bertz CT molecular complexity index is 234. The van der Waals surface area contributed by atoms with Crippen LogP contribution in [0.4, 0.5) is 0 Å². The van der Waals surface area contributed by atoms with Gasteiger partial charge in [0.25, 0.3) is 0 Å². The van der Waals surface area contributed by atoms with E-state index in [-0.39, 0.29) is 0 Å². The molecule has 0 spiro atoms. The van der Waals surface area contributed by atoms with Crippen LogP contribution in [0.1, 0.15) is 96.8 Å². The van der Waals surface area contributed by atoms with Crippen LogP contribution in [0, 0.1) is 0 Å². The maximum absolute atomic E-state index is 10.3. The van der Waals surface area contributed by atoms with Crippen LogP contribution < -0.4 is 0 Å². The molecule has 0 bridgehead atoms. The van der Waals surface area contributed by atoms with Gasteiger partial charge in [0.15, 0.2) is 0 Å². The van der Waals surface area contributed by atoms with Crippen molar-refractivity contribution in [3.8, 4) is 0 Å². The molecule has 0 amide bonds. The lowest BCUT2D eigenvalue weighted by Gasteiger charge is -2.01. The molecule has 0 fully saturated rings. The molecule has 2 nitrogen and oxygen atoms in total. The molecule has 118 valence electrons. The van der Waals surface area contributed by atoms with Gasteiger partial charge in [-0.2, -0.15) is 0 Å². The first kappa shape index (κ1) is 19.2. The molecule has 0 aromatic heterocycles. The number of aliphatic carboxylic acids is 1. The number of unbranched alkanes of at least 4 members (excludes halogenated alkanes) is 11. The predicted molar refractivity (Wildman–Crippen MR) is 87.1 cm³/mol. The van der Waals surface area contributed by atoms with Crippen molar-refractivity contribution >= 4 is 5.97 Å². The Hall–Kier alpha value is -0.790. The third kappa shape index (κ3) is 17.2. The third-order valence-corrected chi connectivity index (χ3v) is 3.63. The van der Waals surface area contributed by atoms with Crippen LogP contribution in [0.2, 0.25) is 0 Å². The van der Waals surface area contributed by atoms with Gasteiger partial charge in [0.05, 0.1) is 0 Å². The van der Waals surface area contributed by atoms with Crippen molar-refractivity contribution in [2.45, 2.75) is 96.8 Å². The topological polar surface area (TPSA) is 37.3 Å². The number of hydrogen-bond acceptors (Lipinski definition) is 1. The van der Waals surface area contributed by atoms with Crippen molar-refractivity contribution < 1.29 is 9.90 Å². The van der Waals surface area contributed by atoms with Crippen LogP contribution in [0.15, 0.2) is 12.2 Å². The molecule has 0 saturated heterocycles. The lowest BCUT2D eigenvalue weighted by atomic mass is 10.1. The molecule has 0 radical (unpaired) electrons. The fourth-order valence-electron chi connectivity index (χ4n) is 2.35. The Morgan fingerprint density at radius 2 is 1.20 bits per heavy atom. The first-order valence-electron chi connectivity index (χ1n) is 8.64. The number of rotatable bonds is 15. The van der Waals surface area contributed by atoms with Crippen molar-refractivity contribution in [3.05, 3.63) is 12.2 Å². The van der Waals surface area contributed by atoms with Crippen molar-refractivity contribution in [3.63, 3.8) is 0 Å². The molecule has 0 heterocycles. The van der Waals surface area contributed by atoms with Gasteiger partial charge in [-0.05, 0) is 25.7 Å². The summed E-state index contributed by atoms with van der Waals surface area (Å²) in [5, 5.41) is 8.51. The minimum atomic E-state index is -0.658. The molecular formula is C18H34O2. The van der Waals surface area contributed by atoms with Crippen LogP contribution in [-0.2, 0) is 4.79 Å². The Balaban J connectivity index is 3.01. The zero-order valence-corrected chi connectivity index (χ0v) is 13.4. The summed E-state index contributed by atoms with van der Waals surface area (Å²) < 4.78 is 0. The summed E-state index contributed by atoms with van der Waals surface area (Å²) in [6.45, 7) is 2.22. The van der Waals surface area contributed by atoms with Gasteiger partial charge in [-0.15, -0.1) is 0 Å². The Morgan fingerprint density at radius 1 is 0.750 bits per heavy atom. The van der Waals surface area contributed by atoms with E-state index >= 15 is 0 Å². The van der Waals surface area contributed by atoms with E-state index in [9.17, 15) is 4.79 Å². The summed E-state index contributed by atoms with van der Waals surface area (Å²) in [4.78, 5) is 10.3. The standard InChI is InChI=1S/C18H34O2/c1-2-3-4-5-6-7-8-9-10-11-12-13-14-15-16-17-18(19)20/h4-5H,2-3,6-17H2,1H3,(H,19,20)/b5-4-. The SMILES string of the molecule is CCC/C=C\CCCCCCCCCCCCC(=O)O. The fourth-order valence-corrected chi connectivity index (χ4v) is 2.35. The lowest BCUT2D eigenvalue weighted by Crippen LogP contribution is -1.93. The van der Waals surface area contributed by atoms with Crippen molar-refractivity contribution in [2.75, 3.05) is 0 Å². The van der Waals surface area contributed by atoms with E-state index in [4.69, 9.17) is 5.11 Å². The molecule has 0 aliphatic rings. The molecular weight excluding hydrogens is 248 g/mol. The highest BCUT2D eigenvalue weighted by Crippen LogP contribution is 2.12. The van der Waals surface area contributed by atoms with Crippen LogP contribution >= 0.6 is 0 Å². The number of carboxylic acids is 1. The summed E-state index contributed by atoms with van der Waals surface area (Å²) in [7, 11) is 0. The summed E-state index contributed by atoms with van der Waals surface area (Å²) in [5.74, 6) is -0.658. The number of carbonyl (C=O) groups is 1. The van der Waals surface area contributed by atoms with Crippen LogP contribution in [0.5, 0.6) is 0 Å². The third-order valence-electron chi connectivity index (χ3n) is 3.63. The maximum Gasteiger partial charge on any atom is 0.303 e.